The lowest BCUT2D eigenvalue weighted by Crippen LogP contribution is -2.49. The molecule has 2 N–H and O–H groups in total. The molecule has 4 rings (SSSR count). The summed E-state index contributed by atoms with van der Waals surface area (Å²) in [5.41, 5.74) is 4.03. The maximum absolute atomic E-state index is 12.4. The second kappa shape index (κ2) is 13.3. The van der Waals surface area contributed by atoms with E-state index in [-0.39, 0.29) is 18.7 Å². The van der Waals surface area contributed by atoms with Crippen molar-refractivity contribution in [1.82, 2.24) is 30.2 Å². The van der Waals surface area contributed by atoms with Crippen molar-refractivity contribution in [3.8, 4) is 28.4 Å². The van der Waals surface area contributed by atoms with Gasteiger partial charge in [0, 0.05) is 51.9 Å². The molecular formula is C29H41N7O5. The number of hydrogen-bond acceptors (Lipinski definition) is 10. The highest BCUT2D eigenvalue weighted by Crippen LogP contribution is 2.35. The smallest absolute Gasteiger partial charge is 0.319 e. The Morgan fingerprint density at radius 1 is 1.24 bits per heavy atom. The minimum atomic E-state index is -0.627. The third-order valence-electron chi connectivity index (χ3n) is 6.99. The number of aromatic nitrogens is 3. The molecule has 0 bridgehead atoms. The maximum atomic E-state index is 12.4. The van der Waals surface area contributed by atoms with Gasteiger partial charge in [-0.15, -0.1) is 0 Å². The molecule has 12 heteroatoms. The molecule has 3 aromatic rings. The number of aliphatic hydroxyl groups is 1. The minimum absolute atomic E-state index is 0.0764. The highest BCUT2D eigenvalue weighted by Gasteiger charge is 2.28. The number of hydrogen-bond donors (Lipinski definition) is 2. The predicted molar refractivity (Wildman–Crippen MR) is 156 cm³/mol. The fraction of sp³-hybridized carbons (Fsp3) is 0.517. The highest BCUT2D eigenvalue weighted by atomic mass is 16.5. The van der Waals surface area contributed by atoms with Gasteiger partial charge in [0.05, 0.1) is 36.2 Å². The Kier molecular flexibility index (Phi) is 9.79. The molecule has 1 aromatic carbocycles. The van der Waals surface area contributed by atoms with E-state index in [2.05, 4.69) is 15.4 Å². The van der Waals surface area contributed by atoms with Gasteiger partial charge in [0.1, 0.15) is 30.0 Å². The van der Waals surface area contributed by atoms with Crippen LogP contribution >= 0.6 is 0 Å². The number of likely N-dealkylation sites (N-methyl/N-ethyl adjacent to an activating group) is 2. The van der Waals surface area contributed by atoms with Gasteiger partial charge in [-0.25, -0.2) is 14.8 Å². The van der Waals surface area contributed by atoms with E-state index >= 15 is 0 Å². The van der Waals surface area contributed by atoms with Gasteiger partial charge >= 0.3 is 6.03 Å². The van der Waals surface area contributed by atoms with Crippen LogP contribution in [0.2, 0.25) is 0 Å². The lowest BCUT2D eigenvalue weighted by atomic mass is 10.0. The van der Waals surface area contributed by atoms with Gasteiger partial charge in [-0.3, -0.25) is 0 Å². The second-order valence-electron chi connectivity index (χ2n) is 10.6. The van der Waals surface area contributed by atoms with Crippen LogP contribution in [0.5, 0.6) is 5.75 Å². The Bertz CT molecular complexity index is 1330. The molecule has 0 saturated carbocycles. The molecule has 1 aliphatic rings. The largest absolute Gasteiger partial charge is 0.491 e. The lowest BCUT2D eigenvalue weighted by Gasteiger charge is -2.36. The number of anilines is 1. The molecule has 1 fully saturated rings. The number of amides is 2. The van der Waals surface area contributed by atoms with Gasteiger partial charge in [0.15, 0.2) is 5.82 Å². The maximum Gasteiger partial charge on any atom is 0.319 e. The van der Waals surface area contributed by atoms with E-state index in [1.54, 1.807) is 38.0 Å². The van der Waals surface area contributed by atoms with E-state index in [0.29, 0.717) is 50.1 Å². The molecule has 1 saturated heterocycles. The average Bonchev–Trinajstić information content (AvgIpc) is 3.29. The third kappa shape index (κ3) is 7.13. The van der Waals surface area contributed by atoms with Gasteiger partial charge in [0.25, 0.3) is 0 Å². The third-order valence-corrected chi connectivity index (χ3v) is 6.99. The first kappa shape index (κ1) is 30.2. The molecule has 0 radical (unpaired) electrons. The first-order chi connectivity index (χ1) is 19.6. The number of benzene rings is 1. The number of carbonyl (C=O) groups excluding carboxylic acids is 1. The molecule has 2 unspecified atom stereocenters. The van der Waals surface area contributed by atoms with Crippen molar-refractivity contribution in [2.45, 2.75) is 33.0 Å². The van der Waals surface area contributed by atoms with Crippen LogP contribution in [0.1, 0.15) is 17.0 Å². The van der Waals surface area contributed by atoms with Crippen molar-refractivity contribution in [2.24, 2.45) is 0 Å². The van der Waals surface area contributed by atoms with E-state index in [1.807, 2.05) is 45.0 Å². The van der Waals surface area contributed by atoms with E-state index in [4.69, 9.17) is 24.0 Å². The summed E-state index contributed by atoms with van der Waals surface area (Å²) in [6, 6.07) is 7.47. The fourth-order valence-corrected chi connectivity index (χ4v) is 4.97. The molecule has 0 aliphatic carbocycles. The normalized spacial score (nSPS) is 16.0. The zero-order valence-electron chi connectivity index (χ0n) is 25.0. The molecule has 2 amide bonds. The number of morpholine rings is 1. The van der Waals surface area contributed by atoms with Crippen molar-refractivity contribution in [1.29, 1.82) is 0 Å². The molecule has 3 heterocycles. The average molecular weight is 568 g/mol. The summed E-state index contributed by atoms with van der Waals surface area (Å²) in [7, 11) is 7.03. The summed E-state index contributed by atoms with van der Waals surface area (Å²) in [4.78, 5) is 27.9. The number of ether oxygens (including phenoxy) is 2. The van der Waals surface area contributed by atoms with Gasteiger partial charge in [-0.05, 0) is 40.0 Å². The molecular weight excluding hydrogens is 526 g/mol. The predicted octanol–water partition coefficient (Wildman–Crippen LogP) is 2.50. The van der Waals surface area contributed by atoms with Crippen LogP contribution in [0.3, 0.4) is 0 Å². The Hall–Kier alpha value is -3.74. The van der Waals surface area contributed by atoms with Crippen LogP contribution in [0.4, 0.5) is 10.6 Å². The molecule has 2 atom stereocenters. The van der Waals surface area contributed by atoms with E-state index in [9.17, 15) is 9.90 Å². The Labute approximate surface area is 241 Å². The standard InChI is InChI=1S/C29H41N7O5/c1-18-26(25-19(2)33-41-20(25)3)31-27(21-9-8-10-23(13-21)40-17-22(37)14-30-4)32-28(18)36-11-12-39-24(16-36)15-35(7)29(38)34(5)6/h8-10,13,22,24,30,37H,11-12,14-17H2,1-7H3. The quantitative estimate of drug-likeness (QED) is 0.377. The van der Waals surface area contributed by atoms with E-state index in [1.165, 1.54) is 0 Å². The SMILES string of the molecule is CNCC(O)COc1cccc(-c2nc(-c3c(C)noc3C)c(C)c(N3CCOC(CN(C)C(=O)N(C)C)C3)n2)c1. The van der Waals surface area contributed by atoms with Gasteiger partial charge in [-0.1, -0.05) is 17.3 Å². The molecule has 12 nitrogen and oxygen atoms in total. The van der Waals surface area contributed by atoms with Gasteiger partial charge in [-0.2, -0.15) is 0 Å². The van der Waals surface area contributed by atoms with Crippen LogP contribution in [0.15, 0.2) is 28.8 Å². The molecule has 0 spiro atoms. The van der Waals surface area contributed by atoms with Crippen molar-refractivity contribution < 1.29 is 23.9 Å². The number of aliphatic hydroxyl groups excluding tert-OH is 1. The summed E-state index contributed by atoms with van der Waals surface area (Å²) in [5.74, 6) is 2.61. The minimum Gasteiger partial charge on any atom is -0.491 e. The summed E-state index contributed by atoms with van der Waals surface area (Å²) >= 11 is 0. The van der Waals surface area contributed by atoms with Gasteiger partial charge < -0.3 is 39.1 Å². The fourth-order valence-electron chi connectivity index (χ4n) is 4.97. The lowest BCUT2D eigenvalue weighted by molar-refractivity contribution is 0.0241. The van der Waals surface area contributed by atoms with Crippen LogP contribution in [0.25, 0.3) is 22.6 Å². The molecule has 2 aromatic heterocycles. The first-order valence-electron chi connectivity index (χ1n) is 13.8. The molecule has 1 aliphatic heterocycles. The Morgan fingerprint density at radius 2 is 2.02 bits per heavy atom. The molecule has 41 heavy (non-hydrogen) atoms. The summed E-state index contributed by atoms with van der Waals surface area (Å²) in [6.45, 7) is 8.56. The second-order valence-corrected chi connectivity index (χ2v) is 10.6. The summed E-state index contributed by atoms with van der Waals surface area (Å²) < 4.78 is 17.4. The Morgan fingerprint density at radius 3 is 2.71 bits per heavy atom. The number of aryl methyl sites for hydroxylation is 2. The van der Waals surface area contributed by atoms with Crippen LogP contribution in [-0.4, -0.2) is 116 Å². The van der Waals surface area contributed by atoms with Crippen molar-refractivity contribution in [2.75, 3.05) is 72.5 Å². The summed E-state index contributed by atoms with van der Waals surface area (Å²) in [5, 5.41) is 17.2. The highest BCUT2D eigenvalue weighted by molar-refractivity contribution is 5.75. The molecule has 222 valence electrons. The van der Waals surface area contributed by atoms with Crippen LogP contribution < -0.4 is 15.0 Å². The topological polar surface area (TPSA) is 129 Å². The monoisotopic (exact) mass is 567 g/mol. The van der Waals surface area contributed by atoms with Crippen molar-refractivity contribution in [3.63, 3.8) is 0 Å². The van der Waals surface area contributed by atoms with Crippen molar-refractivity contribution >= 4 is 11.8 Å². The number of nitrogens with zero attached hydrogens (tertiary/aromatic N) is 6. The zero-order chi connectivity index (χ0) is 29.7. The van der Waals surface area contributed by atoms with E-state index < -0.39 is 6.10 Å². The number of urea groups is 1. The Balaban J connectivity index is 1.70. The number of carbonyl (C=O) groups is 1. The van der Waals surface area contributed by atoms with Crippen LogP contribution in [0, 0.1) is 20.8 Å². The number of nitrogens with one attached hydrogen (secondary N) is 1. The first-order valence-corrected chi connectivity index (χ1v) is 13.8. The van der Waals surface area contributed by atoms with Gasteiger partial charge in [0.2, 0.25) is 0 Å². The van der Waals surface area contributed by atoms with E-state index in [0.717, 1.165) is 33.9 Å². The van der Waals surface area contributed by atoms with Crippen LogP contribution in [-0.2, 0) is 4.74 Å². The number of rotatable bonds is 10. The van der Waals surface area contributed by atoms with Crippen molar-refractivity contribution in [3.05, 3.63) is 41.3 Å². The summed E-state index contributed by atoms with van der Waals surface area (Å²) in [6.07, 6.45) is -0.808. The zero-order valence-corrected chi connectivity index (χ0v) is 25.0.